The highest BCUT2D eigenvalue weighted by Gasteiger charge is 2.65. The standard InChI is InChI=1S/C19H27NO4/c1-20-10-7-13-5-6-16-18(22-13)11-14(21-16)17-15(12-18)23-19(24-17)8-3-2-4-9-19/h13-17H,2-12H2/t13-,14-,15-,16+,17?,18-/m1/s1. The average Bonchev–Trinajstić information content (AvgIpc) is 3.09. The second-order valence-electron chi connectivity index (χ2n) is 8.33. The van der Waals surface area contributed by atoms with E-state index in [4.69, 9.17) is 25.5 Å². The van der Waals surface area contributed by atoms with Gasteiger partial charge in [0.1, 0.15) is 6.10 Å². The van der Waals surface area contributed by atoms with E-state index in [-0.39, 0.29) is 41.9 Å². The van der Waals surface area contributed by atoms with Crippen LogP contribution in [0.3, 0.4) is 0 Å². The number of fused-ring (bicyclic) bond motifs is 3. The fraction of sp³-hybridized carbons (Fsp3) is 0.947. The van der Waals surface area contributed by atoms with Crippen molar-refractivity contribution in [2.24, 2.45) is 0 Å². The second-order valence-corrected chi connectivity index (χ2v) is 8.33. The summed E-state index contributed by atoms with van der Waals surface area (Å²) in [6.07, 6.45) is 11.2. The molecule has 5 nitrogen and oxygen atoms in total. The summed E-state index contributed by atoms with van der Waals surface area (Å²) in [5.41, 5.74) is -0.194. The maximum Gasteiger partial charge on any atom is 0.217 e. The summed E-state index contributed by atoms with van der Waals surface area (Å²) in [5.74, 6) is -0.342. The van der Waals surface area contributed by atoms with Crippen LogP contribution in [0.4, 0.5) is 0 Å². The minimum absolute atomic E-state index is 0.0876. The van der Waals surface area contributed by atoms with Crippen LogP contribution < -0.4 is 0 Å². The van der Waals surface area contributed by atoms with E-state index in [0.29, 0.717) is 6.54 Å². The molecule has 3 aliphatic heterocycles. The van der Waals surface area contributed by atoms with Crippen molar-refractivity contribution in [3.8, 4) is 0 Å². The Morgan fingerprint density at radius 1 is 0.958 bits per heavy atom. The van der Waals surface area contributed by atoms with Crippen molar-refractivity contribution in [3.05, 3.63) is 11.4 Å². The van der Waals surface area contributed by atoms with Crippen LogP contribution in [0.15, 0.2) is 0 Å². The predicted molar refractivity (Wildman–Crippen MR) is 86.4 cm³/mol. The minimum atomic E-state index is -0.342. The van der Waals surface area contributed by atoms with E-state index in [9.17, 15) is 0 Å². The van der Waals surface area contributed by atoms with Gasteiger partial charge in [0, 0.05) is 32.1 Å². The Balaban J connectivity index is 1.33. The number of rotatable bonds is 2. The predicted octanol–water partition coefficient (Wildman–Crippen LogP) is 3.22. The van der Waals surface area contributed by atoms with Crippen molar-refractivity contribution in [2.45, 2.75) is 106 Å². The van der Waals surface area contributed by atoms with Crippen molar-refractivity contribution >= 4 is 0 Å². The Labute approximate surface area is 143 Å². The number of nitrogens with zero attached hydrogens (tertiary/aromatic N) is 1. The lowest BCUT2D eigenvalue weighted by molar-refractivity contribution is -0.215. The first-order valence-electron chi connectivity index (χ1n) is 9.74. The molecule has 2 spiro atoms. The molecule has 132 valence electrons. The fourth-order valence-electron chi connectivity index (χ4n) is 5.74. The van der Waals surface area contributed by atoms with Crippen LogP contribution in [-0.2, 0) is 18.9 Å². The zero-order chi connectivity index (χ0) is 16.2. The lowest BCUT2D eigenvalue weighted by Gasteiger charge is -2.44. The quantitative estimate of drug-likeness (QED) is 0.728. The van der Waals surface area contributed by atoms with Gasteiger partial charge in [-0.3, -0.25) is 0 Å². The third-order valence-electron chi connectivity index (χ3n) is 6.80. The molecule has 0 radical (unpaired) electrons. The summed E-state index contributed by atoms with van der Waals surface area (Å²) < 4.78 is 25.9. The van der Waals surface area contributed by atoms with E-state index >= 15 is 0 Å². The van der Waals surface area contributed by atoms with Crippen LogP contribution in [0.5, 0.6) is 0 Å². The zero-order valence-electron chi connectivity index (χ0n) is 14.2. The Morgan fingerprint density at radius 2 is 1.79 bits per heavy atom. The van der Waals surface area contributed by atoms with E-state index in [1.165, 1.54) is 19.3 Å². The van der Waals surface area contributed by atoms with Gasteiger partial charge in [0.25, 0.3) is 0 Å². The number of hydrogen-bond donors (Lipinski definition) is 0. The molecule has 5 rings (SSSR count). The van der Waals surface area contributed by atoms with Gasteiger partial charge in [-0.25, -0.2) is 6.57 Å². The molecule has 0 N–H and O–H groups in total. The summed E-state index contributed by atoms with van der Waals surface area (Å²) in [6.45, 7) is 7.58. The third kappa shape index (κ3) is 2.34. The highest BCUT2D eigenvalue weighted by molar-refractivity contribution is 5.12. The first kappa shape index (κ1) is 15.6. The molecule has 5 fully saturated rings. The lowest BCUT2D eigenvalue weighted by atomic mass is 9.76. The third-order valence-corrected chi connectivity index (χ3v) is 6.80. The van der Waals surface area contributed by atoms with E-state index in [1.807, 2.05) is 0 Å². The lowest BCUT2D eigenvalue weighted by Crippen LogP contribution is -2.53. The summed E-state index contributed by atoms with van der Waals surface area (Å²) in [4.78, 5) is 3.50. The largest absolute Gasteiger partial charge is 0.369 e. The summed E-state index contributed by atoms with van der Waals surface area (Å²) in [7, 11) is 0. The van der Waals surface area contributed by atoms with E-state index in [1.54, 1.807) is 0 Å². The highest BCUT2D eigenvalue weighted by Crippen LogP contribution is 2.55. The van der Waals surface area contributed by atoms with Gasteiger partial charge in [0.15, 0.2) is 5.79 Å². The molecule has 2 bridgehead atoms. The first-order valence-corrected chi connectivity index (χ1v) is 9.74. The van der Waals surface area contributed by atoms with E-state index in [2.05, 4.69) is 4.85 Å². The SMILES string of the molecule is [C-]#[N+]CC[C@H]1CC[C@@H]2O[C@@H]3C[C@]2(C[C@H]2OC4(CCCCC4)OC32)O1. The first-order chi connectivity index (χ1) is 11.7. The summed E-state index contributed by atoms with van der Waals surface area (Å²) in [6, 6.07) is 0. The van der Waals surface area contributed by atoms with E-state index < -0.39 is 0 Å². The van der Waals surface area contributed by atoms with Gasteiger partial charge >= 0.3 is 0 Å². The molecule has 0 aromatic rings. The topological polar surface area (TPSA) is 41.3 Å². The van der Waals surface area contributed by atoms with Crippen molar-refractivity contribution in [1.82, 2.24) is 0 Å². The van der Waals surface area contributed by atoms with Crippen molar-refractivity contribution in [1.29, 1.82) is 0 Å². The van der Waals surface area contributed by atoms with E-state index in [0.717, 1.165) is 44.9 Å². The van der Waals surface area contributed by atoms with Crippen LogP contribution in [0.2, 0.25) is 0 Å². The summed E-state index contributed by atoms with van der Waals surface area (Å²) >= 11 is 0. The van der Waals surface area contributed by atoms with Gasteiger partial charge in [-0.05, 0) is 25.7 Å². The maximum absolute atomic E-state index is 7.02. The molecular formula is C19H27NO4. The zero-order valence-corrected chi connectivity index (χ0v) is 14.2. The van der Waals surface area contributed by atoms with Crippen LogP contribution in [0.25, 0.3) is 4.85 Å². The van der Waals surface area contributed by atoms with Crippen molar-refractivity contribution in [3.63, 3.8) is 0 Å². The second kappa shape index (κ2) is 5.67. The monoisotopic (exact) mass is 333 g/mol. The molecule has 0 aromatic carbocycles. The normalized spacial score (nSPS) is 48.7. The molecule has 3 saturated heterocycles. The Hall–Kier alpha value is -0.670. The molecule has 0 aromatic heterocycles. The fourth-order valence-corrected chi connectivity index (χ4v) is 5.74. The van der Waals surface area contributed by atoms with Crippen molar-refractivity contribution < 1.29 is 18.9 Å². The molecule has 5 aliphatic rings. The van der Waals surface area contributed by atoms with Gasteiger partial charge in [-0.2, -0.15) is 0 Å². The number of ether oxygens (including phenoxy) is 4. The van der Waals surface area contributed by atoms with Crippen LogP contribution >= 0.6 is 0 Å². The Morgan fingerprint density at radius 3 is 2.62 bits per heavy atom. The highest BCUT2D eigenvalue weighted by atomic mass is 16.8. The smallest absolute Gasteiger partial charge is 0.217 e. The van der Waals surface area contributed by atoms with Gasteiger partial charge in [0.05, 0.1) is 30.0 Å². The average molecular weight is 333 g/mol. The van der Waals surface area contributed by atoms with Gasteiger partial charge in [-0.1, -0.05) is 6.42 Å². The van der Waals surface area contributed by atoms with Gasteiger partial charge in [0.2, 0.25) is 6.54 Å². The van der Waals surface area contributed by atoms with Crippen LogP contribution in [0, 0.1) is 6.57 Å². The van der Waals surface area contributed by atoms with Crippen LogP contribution in [0.1, 0.15) is 64.2 Å². The molecule has 2 aliphatic carbocycles. The summed E-state index contributed by atoms with van der Waals surface area (Å²) in [5, 5.41) is 0. The maximum atomic E-state index is 7.02. The molecular weight excluding hydrogens is 306 g/mol. The molecule has 0 amide bonds. The molecule has 1 unspecified atom stereocenters. The number of hydrogen-bond acceptors (Lipinski definition) is 4. The molecule has 3 heterocycles. The minimum Gasteiger partial charge on any atom is -0.369 e. The molecule has 6 atom stereocenters. The van der Waals surface area contributed by atoms with Crippen LogP contribution in [-0.4, -0.2) is 48.5 Å². The molecule has 5 heteroatoms. The Bertz CT molecular complexity index is 540. The van der Waals surface area contributed by atoms with Gasteiger partial charge in [-0.15, -0.1) is 0 Å². The van der Waals surface area contributed by atoms with Crippen molar-refractivity contribution in [2.75, 3.05) is 6.54 Å². The van der Waals surface area contributed by atoms with Gasteiger partial charge < -0.3 is 23.8 Å². The molecule has 24 heavy (non-hydrogen) atoms. The Kier molecular flexibility index (Phi) is 3.68. The molecule has 2 saturated carbocycles.